The van der Waals surface area contributed by atoms with Crippen LogP contribution < -0.4 is 4.74 Å². The number of halogens is 1. The Hall–Kier alpha value is -2.93. The van der Waals surface area contributed by atoms with Gasteiger partial charge < -0.3 is 19.3 Å². The van der Waals surface area contributed by atoms with E-state index in [1.165, 1.54) is 12.1 Å². The molecule has 0 N–H and O–H groups in total. The number of carbonyl (C=O) groups excluding carboxylic acids is 2. The number of hydrogen-bond donors (Lipinski definition) is 0. The Morgan fingerprint density at radius 3 is 2.41 bits per heavy atom. The van der Waals surface area contributed by atoms with Crippen molar-refractivity contribution in [1.29, 1.82) is 0 Å². The summed E-state index contributed by atoms with van der Waals surface area (Å²) >= 11 is 0. The van der Waals surface area contributed by atoms with Crippen LogP contribution in [0.15, 0.2) is 48.5 Å². The summed E-state index contributed by atoms with van der Waals surface area (Å²) in [6, 6.07) is 13.3. The Bertz CT molecular complexity index is 911. The molecule has 6 nitrogen and oxygen atoms in total. The second-order valence-corrected chi connectivity index (χ2v) is 8.39. The van der Waals surface area contributed by atoms with E-state index in [1.807, 2.05) is 17.0 Å². The summed E-state index contributed by atoms with van der Waals surface area (Å²) in [5.41, 5.74) is 1.47. The molecule has 4 rings (SSSR count). The molecule has 2 aromatic carbocycles. The van der Waals surface area contributed by atoms with Gasteiger partial charge in [0, 0.05) is 37.7 Å². The molecule has 1 atom stereocenters. The molecule has 2 heterocycles. The van der Waals surface area contributed by atoms with Crippen LogP contribution in [0.2, 0.25) is 0 Å². The molecule has 2 aliphatic heterocycles. The monoisotopic (exact) mass is 440 g/mol. The number of morpholine rings is 1. The number of hydrogen-bond acceptors (Lipinski definition) is 4. The minimum atomic E-state index is -0.296. The van der Waals surface area contributed by atoms with Gasteiger partial charge in [0.15, 0.2) is 0 Å². The number of ether oxygens (including phenoxy) is 2. The number of piperidine rings is 1. The van der Waals surface area contributed by atoms with Crippen LogP contribution in [-0.2, 0) is 16.0 Å². The van der Waals surface area contributed by atoms with Crippen molar-refractivity contribution in [2.75, 3.05) is 46.0 Å². The average molecular weight is 441 g/mol. The van der Waals surface area contributed by atoms with Crippen LogP contribution in [0.1, 0.15) is 28.8 Å². The van der Waals surface area contributed by atoms with Crippen LogP contribution in [0.3, 0.4) is 0 Å². The lowest BCUT2D eigenvalue weighted by atomic mass is 9.98. The minimum Gasteiger partial charge on any atom is -0.493 e. The molecule has 7 heteroatoms. The van der Waals surface area contributed by atoms with Crippen LogP contribution in [0, 0.1) is 11.7 Å². The smallest absolute Gasteiger partial charge is 0.254 e. The van der Waals surface area contributed by atoms with E-state index < -0.39 is 0 Å². The SMILES string of the molecule is O=C(Cc1ccc(F)cc1)N1CCCC(COc2ccc(C(=O)N3CCOCC3)cc2)C1. The maximum absolute atomic E-state index is 13.1. The third-order valence-electron chi connectivity index (χ3n) is 6.03. The molecule has 0 aliphatic carbocycles. The highest BCUT2D eigenvalue weighted by Gasteiger charge is 2.24. The largest absolute Gasteiger partial charge is 0.493 e. The van der Waals surface area contributed by atoms with Crippen LogP contribution >= 0.6 is 0 Å². The van der Waals surface area contributed by atoms with Crippen molar-refractivity contribution in [3.8, 4) is 5.75 Å². The summed E-state index contributed by atoms with van der Waals surface area (Å²) in [4.78, 5) is 28.9. The lowest BCUT2D eigenvalue weighted by molar-refractivity contribution is -0.132. The lowest BCUT2D eigenvalue weighted by Gasteiger charge is -2.32. The first-order valence-electron chi connectivity index (χ1n) is 11.2. The molecule has 0 aromatic heterocycles. The molecule has 2 fully saturated rings. The first-order valence-corrected chi connectivity index (χ1v) is 11.2. The van der Waals surface area contributed by atoms with E-state index in [9.17, 15) is 14.0 Å². The predicted octanol–water partition coefficient (Wildman–Crippen LogP) is 3.16. The molecule has 0 bridgehead atoms. The molecule has 2 saturated heterocycles. The minimum absolute atomic E-state index is 0.0161. The van der Waals surface area contributed by atoms with Gasteiger partial charge in [0.2, 0.25) is 5.91 Å². The second-order valence-electron chi connectivity index (χ2n) is 8.39. The fourth-order valence-electron chi connectivity index (χ4n) is 4.17. The number of rotatable bonds is 6. The second kappa shape index (κ2) is 10.6. The number of carbonyl (C=O) groups is 2. The summed E-state index contributed by atoms with van der Waals surface area (Å²) in [5.74, 6) is 0.762. The molecule has 2 aliphatic rings. The topological polar surface area (TPSA) is 59.1 Å². The van der Waals surface area contributed by atoms with Crippen molar-refractivity contribution in [2.24, 2.45) is 5.92 Å². The molecule has 170 valence electrons. The first-order chi connectivity index (χ1) is 15.6. The standard InChI is InChI=1S/C25H29FN2O4/c26-22-7-3-19(4-8-22)16-24(29)28-11-1-2-20(17-28)18-32-23-9-5-21(6-10-23)25(30)27-12-14-31-15-13-27/h3-10,20H,1-2,11-18H2. The molecule has 2 aromatic rings. The van der Waals surface area contributed by atoms with Gasteiger partial charge in [-0.3, -0.25) is 9.59 Å². The van der Waals surface area contributed by atoms with Gasteiger partial charge in [-0.05, 0) is 54.8 Å². The van der Waals surface area contributed by atoms with Crippen molar-refractivity contribution < 1.29 is 23.5 Å². The zero-order valence-electron chi connectivity index (χ0n) is 18.2. The maximum Gasteiger partial charge on any atom is 0.254 e. The first kappa shape index (κ1) is 22.3. The van der Waals surface area contributed by atoms with E-state index in [1.54, 1.807) is 29.2 Å². The third kappa shape index (κ3) is 5.85. The van der Waals surface area contributed by atoms with E-state index in [4.69, 9.17) is 9.47 Å². The van der Waals surface area contributed by atoms with E-state index in [0.717, 1.165) is 30.7 Å². The summed E-state index contributed by atoms with van der Waals surface area (Å²) in [6.07, 6.45) is 2.23. The Labute approximate surface area is 187 Å². The van der Waals surface area contributed by atoms with Crippen molar-refractivity contribution in [2.45, 2.75) is 19.3 Å². The normalized spacial score (nSPS) is 19.0. The number of amides is 2. The molecule has 2 amide bonds. The highest BCUT2D eigenvalue weighted by Crippen LogP contribution is 2.21. The van der Waals surface area contributed by atoms with Crippen molar-refractivity contribution in [3.05, 3.63) is 65.5 Å². The Balaban J connectivity index is 1.25. The van der Waals surface area contributed by atoms with E-state index in [2.05, 4.69) is 0 Å². The highest BCUT2D eigenvalue weighted by molar-refractivity contribution is 5.94. The summed E-state index contributed by atoms with van der Waals surface area (Å²) in [5, 5.41) is 0. The molecule has 0 spiro atoms. The Kier molecular flexibility index (Phi) is 7.37. The fraction of sp³-hybridized carbons (Fsp3) is 0.440. The lowest BCUT2D eigenvalue weighted by Crippen LogP contribution is -2.42. The molecular weight excluding hydrogens is 411 g/mol. The quantitative estimate of drug-likeness (QED) is 0.693. The third-order valence-corrected chi connectivity index (χ3v) is 6.03. The Morgan fingerprint density at radius 1 is 0.969 bits per heavy atom. The molecule has 32 heavy (non-hydrogen) atoms. The van der Waals surface area contributed by atoms with Gasteiger partial charge in [0.1, 0.15) is 11.6 Å². The van der Waals surface area contributed by atoms with Gasteiger partial charge in [0.25, 0.3) is 5.91 Å². The highest BCUT2D eigenvalue weighted by atomic mass is 19.1. The Morgan fingerprint density at radius 2 is 1.69 bits per heavy atom. The van der Waals surface area contributed by atoms with Crippen molar-refractivity contribution in [1.82, 2.24) is 9.80 Å². The molecule has 1 unspecified atom stereocenters. The van der Waals surface area contributed by atoms with Crippen LogP contribution in [-0.4, -0.2) is 67.6 Å². The fourth-order valence-corrected chi connectivity index (χ4v) is 4.17. The van der Waals surface area contributed by atoms with Gasteiger partial charge in [-0.2, -0.15) is 0 Å². The summed E-state index contributed by atoms with van der Waals surface area (Å²) in [7, 11) is 0. The summed E-state index contributed by atoms with van der Waals surface area (Å²) < 4.78 is 24.3. The van der Waals surface area contributed by atoms with Gasteiger partial charge in [-0.1, -0.05) is 12.1 Å². The van der Waals surface area contributed by atoms with Gasteiger partial charge in [0.05, 0.1) is 26.2 Å². The van der Waals surface area contributed by atoms with Gasteiger partial charge in [-0.15, -0.1) is 0 Å². The molecule has 0 saturated carbocycles. The van der Waals surface area contributed by atoms with Crippen LogP contribution in [0.5, 0.6) is 5.75 Å². The van der Waals surface area contributed by atoms with Crippen molar-refractivity contribution >= 4 is 11.8 Å². The van der Waals surface area contributed by atoms with Gasteiger partial charge >= 0.3 is 0 Å². The number of benzene rings is 2. The van der Waals surface area contributed by atoms with Crippen LogP contribution in [0.25, 0.3) is 0 Å². The van der Waals surface area contributed by atoms with Gasteiger partial charge in [-0.25, -0.2) is 4.39 Å². The van der Waals surface area contributed by atoms with E-state index >= 15 is 0 Å². The van der Waals surface area contributed by atoms with E-state index in [-0.39, 0.29) is 30.0 Å². The summed E-state index contributed by atoms with van der Waals surface area (Å²) in [6.45, 7) is 4.33. The predicted molar refractivity (Wildman–Crippen MR) is 118 cm³/mol. The maximum atomic E-state index is 13.1. The van der Waals surface area contributed by atoms with Crippen molar-refractivity contribution in [3.63, 3.8) is 0 Å². The zero-order chi connectivity index (χ0) is 22.3. The average Bonchev–Trinajstić information content (AvgIpc) is 2.85. The molecule has 0 radical (unpaired) electrons. The van der Waals surface area contributed by atoms with Crippen LogP contribution in [0.4, 0.5) is 4.39 Å². The number of nitrogens with zero attached hydrogens (tertiary/aromatic N) is 2. The number of likely N-dealkylation sites (tertiary alicyclic amines) is 1. The van der Waals surface area contributed by atoms with E-state index in [0.29, 0.717) is 45.0 Å². The molecular formula is C25H29FN2O4. The zero-order valence-corrected chi connectivity index (χ0v) is 18.2.